The first-order valence-electron chi connectivity index (χ1n) is 5.78. The van der Waals surface area contributed by atoms with Gasteiger partial charge < -0.3 is 10.1 Å². The molecule has 0 saturated carbocycles. The highest BCUT2D eigenvalue weighted by molar-refractivity contribution is 7.99. The van der Waals surface area contributed by atoms with E-state index < -0.39 is 0 Å². The normalized spacial score (nSPS) is 27.0. The average molecular weight is 217 g/mol. The van der Waals surface area contributed by atoms with E-state index in [1.54, 1.807) is 0 Å². The van der Waals surface area contributed by atoms with Gasteiger partial charge in [-0.3, -0.25) is 0 Å². The molecule has 1 heterocycles. The maximum atomic E-state index is 5.53. The predicted molar refractivity (Wildman–Crippen MR) is 64.1 cm³/mol. The minimum Gasteiger partial charge on any atom is -0.377 e. The Morgan fingerprint density at radius 3 is 2.93 bits per heavy atom. The summed E-state index contributed by atoms with van der Waals surface area (Å²) in [6.45, 7) is 7.60. The van der Waals surface area contributed by atoms with Crippen LogP contribution in [0.25, 0.3) is 0 Å². The number of rotatable bonds is 7. The summed E-state index contributed by atoms with van der Waals surface area (Å²) in [7, 11) is 0. The highest BCUT2D eigenvalue weighted by Crippen LogP contribution is 2.26. The second kappa shape index (κ2) is 7.55. The van der Waals surface area contributed by atoms with Gasteiger partial charge in [-0.15, -0.1) is 0 Å². The predicted octanol–water partition coefficient (Wildman–Crippen LogP) is 2.29. The zero-order chi connectivity index (χ0) is 10.2. The van der Waals surface area contributed by atoms with Gasteiger partial charge in [0.05, 0.1) is 6.10 Å². The van der Waals surface area contributed by atoms with Crippen molar-refractivity contribution < 1.29 is 4.74 Å². The van der Waals surface area contributed by atoms with Crippen molar-refractivity contribution in [1.29, 1.82) is 0 Å². The van der Waals surface area contributed by atoms with Crippen LogP contribution in [0.15, 0.2) is 0 Å². The van der Waals surface area contributed by atoms with Gasteiger partial charge in [0.15, 0.2) is 0 Å². The molecular weight excluding hydrogens is 194 g/mol. The third-order valence-electron chi connectivity index (χ3n) is 2.64. The Balaban J connectivity index is 1.88. The van der Waals surface area contributed by atoms with Crippen LogP contribution in [0, 0.1) is 0 Å². The Hall–Kier alpha value is 0.270. The Morgan fingerprint density at radius 2 is 2.29 bits per heavy atom. The molecule has 1 aliphatic heterocycles. The molecule has 2 atom stereocenters. The summed E-state index contributed by atoms with van der Waals surface area (Å²) < 4.78 is 5.53. The Labute approximate surface area is 92.2 Å². The summed E-state index contributed by atoms with van der Waals surface area (Å²) in [5, 5.41) is 4.11. The molecule has 0 bridgehead atoms. The van der Waals surface area contributed by atoms with Crippen LogP contribution in [-0.2, 0) is 4.74 Å². The van der Waals surface area contributed by atoms with Gasteiger partial charge in [-0.2, -0.15) is 11.8 Å². The van der Waals surface area contributed by atoms with E-state index in [-0.39, 0.29) is 0 Å². The summed E-state index contributed by atoms with van der Waals surface area (Å²) in [4.78, 5) is 0. The fourth-order valence-electron chi connectivity index (χ4n) is 1.69. The van der Waals surface area contributed by atoms with E-state index in [0.717, 1.165) is 18.4 Å². The van der Waals surface area contributed by atoms with E-state index >= 15 is 0 Å². The molecule has 14 heavy (non-hydrogen) atoms. The molecule has 2 nitrogen and oxygen atoms in total. The lowest BCUT2D eigenvalue weighted by Gasteiger charge is -2.13. The number of thioether (sulfide) groups is 1. The fourth-order valence-corrected chi connectivity index (χ4v) is 2.98. The van der Waals surface area contributed by atoms with Gasteiger partial charge in [-0.05, 0) is 45.0 Å². The fraction of sp³-hybridized carbons (Fsp3) is 1.00. The highest BCUT2D eigenvalue weighted by Gasteiger charge is 2.23. The van der Waals surface area contributed by atoms with Crippen molar-refractivity contribution in [3.63, 3.8) is 0 Å². The van der Waals surface area contributed by atoms with Crippen LogP contribution >= 0.6 is 11.8 Å². The number of ether oxygens (including phenoxy) is 1. The molecule has 3 heteroatoms. The van der Waals surface area contributed by atoms with Crippen molar-refractivity contribution in [2.24, 2.45) is 0 Å². The molecule has 0 aromatic heterocycles. The second-order valence-corrected chi connectivity index (χ2v) is 5.18. The van der Waals surface area contributed by atoms with E-state index in [1.807, 2.05) is 0 Å². The summed E-state index contributed by atoms with van der Waals surface area (Å²) in [6, 6.07) is 0. The Bertz CT molecular complexity index is 143. The maximum Gasteiger partial charge on any atom is 0.0666 e. The van der Waals surface area contributed by atoms with Crippen LogP contribution in [0.2, 0.25) is 0 Å². The lowest BCUT2D eigenvalue weighted by atomic mass is 10.3. The molecule has 0 aliphatic carbocycles. The van der Waals surface area contributed by atoms with E-state index in [2.05, 4.69) is 30.9 Å². The third-order valence-corrected chi connectivity index (χ3v) is 4.21. The van der Waals surface area contributed by atoms with Gasteiger partial charge in [-0.25, -0.2) is 0 Å². The average Bonchev–Trinajstić information content (AvgIpc) is 2.58. The second-order valence-electron chi connectivity index (χ2n) is 3.83. The first kappa shape index (κ1) is 12.3. The molecule has 0 radical (unpaired) electrons. The van der Waals surface area contributed by atoms with Crippen molar-refractivity contribution in [1.82, 2.24) is 5.32 Å². The van der Waals surface area contributed by atoms with Crippen molar-refractivity contribution in [2.45, 2.75) is 44.5 Å². The zero-order valence-corrected chi connectivity index (χ0v) is 10.2. The summed E-state index contributed by atoms with van der Waals surface area (Å²) in [6.07, 6.45) is 4.37. The SMILES string of the molecule is CCNCCCCSC1CCOC1C. The van der Waals surface area contributed by atoms with Gasteiger partial charge in [0.2, 0.25) is 0 Å². The number of nitrogens with one attached hydrogen (secondary N) is 1. The molecule has 84 valence electrons. The maximum absolute atomic E-state index is 5.53. The molecule has 1 aliphatic rings. The van der Waals surface area contributed by atoms with E-state index in [9.17, 15) is 0 Å². The molecule has 1 rings (SSSR count). The largest absolute Gasteiger partial charge is 0.377 e. The number of hydrogen-bond donors (Lipinski definition) is 1. The van der Waals surface area contributed by atoms with E-state index in [1.165, 1.54) is 31.6 Å². The lowest BCUT2D eigenvalue weighted by Crippen LogP contribution is -2.15. The third kappa shape index (κ3) is 4.67. The zero-order valence-electron chi connectivity index (χ0n) is 9.42. The van der Waals surface area contributed by atoms with Crippen molar-refractivity contribution in [3.8, 4) is 0 Å². The summed E-state index contributed by atoms with van der Waals surface area (Å²) in [5.74, 6) is 1.30. The molecule has 0 amide bonds. The van der Waals surface area contributed by atoms with E-state index in [0.29, 0.717) is 6.10 Å². The van der Waals surface area contributed by atoms with Crippen molar-refractivity contribution in [2.75, 3.05) is 25.4 Å². The Morgan fingerprint density at radius 1 is 1.43 bits per heavy atom. The van der Waals surface area contributed by atoms with Crippen LogP contribution < -0.4 is 5.32 Å². The van der Waals surface area contributed by atoms with Crippen LogP contribution in [0.1, 0.15) is 33.1 Å². The minimum absolute atomic E-state index is 0.480. The molecule has 1 saturated heterocycles. The smallest absolute Gasteiger partial charge is 0.0666 e. The van der Waals surface area contributed by atoms with Crippen LogP contribution in [-0.4, -0.2) is 36.8 Å². The number of unbranched alkanes of at least 4 members (excludes halogenated alkanes) is 1. The molecule has 2 unspecified atom stereocenters. The van der Waals surface area contributed by atoms with Gasteiger partial charge in [-0.1, -0.05) is 6.92 Å². The molecular formula is C11H23NOS. The number of hydrogen-bond acceptors (Lipinski definition) is 3. The molecule has 0 aromatic rings. The quantitative estimate of drug-likeness (QED) is 0.661. The minimum atomic E-state index is 0.480. The first-order chi connectivity index (χ1) is 6.84. The lowest BCUT2D eigenvalue weighted by molar-refractivity contribution is 0.127. The molecule has 1 fully saturated rings. The van der Waals surface area contributed by atoms with Gasteiger partial charge in [0.25, 0.3) is 0 Å². The van der Waals surface area contributed by atoms with Crippen molar-refractivity contribution in [3.05, 3.63) is 0 Å². The molecule has 0 spiro atoms. The summed E-state index contributed by atoms with van der Waals surface area (Å²) >= 11 is 2.10. The monoisotopic (exact) mass is 217 g/mol. The van der Waals surface area contributed by atoms with Crippen molar-refractivity contribution >= 4 is 11.8 Å². The van der Waals surface area contributed by atoms with Crippen LogP contribution in [0.3, 0.4) is 0 Å². The van der Waals surface area contributed by atoms with Gasteiger partial charge in [0.1, 0.15) is 0 Å². The molecule has 0 aromatic carbocycles. The van der Waals surface area contributed by atoms with Gasteiger partial charge >= 0.3 is 0 Å². The van der Waals surface area contributed by atoms with Crippen LogP contribution in [0.5, 0.6) is 0 Å². The van der Waals surface area contributed by atoms with Crippen LogP contribution in [0.4, 0.5) is 0 Å². The highest BCUT2D eigenvalue weighted by atomic mass is 32.2. The first-order valence-corrected chi connectivity index (χ1v) is 6.83. The van der Waals surface area contributed by atoms with Gasteiger partial charge in [0, 0.05) is 11.9 Å². The standard InChI is InChI=1S/C11H23NOS/c1-3-12-7-4-5-9-14-11-6-8-13-10(11)2/h10-12H,3-9H2,1-2H3. The topological polar surface area (TPSA) is 21.3 Å². The molecule has 1 N–H and O–H groups in total. The Kier molecular flexibility index (Phi) is 6.65. The summed E-state index contributed by atoms with van der Waals surface area (Å²) in [5.41, 5.74) is 0. The van der Waals surface area contributed by atoms with E-state index in [4.69, 9.17) is 4.74 Å².